The molecule has 0 aromatic heterocycles. The average molecular weight is 402 g/mol. The molecule has 0 saturated carbocycles. The lowest BCUT2D eigenvalue weighted by Gasteiger charge is -2.25. The summed E-state index contributed by atoms with van der Waals surface area (Å²) in [5.74, 6) is -1.39. The van der Waals surface area contributed by atoms with Crippen molar-refractivity contribution in [1.82, 2.24) is 10.2 Å². The van der Waals surface area contributed by atoms with E-state index in [9.17, 15) is 19.2 Å². The van der Waals surface area contributed by atoms with Gasteiger partial charge < -0.3 is 14.2 Å². The number of ether oxygens (including phenoxy) is 3. The second-order valence-corrected chi connectivity index (χ2v) is 5.75. The SMILES string of the molecule is C=CCN1C(=O)NC(=O)/C(=C/c2ccc(OCC(=O)OCC)c(OCC)c2)C1=O. The number of nitrogens with one attached hydrogen (secondary N) is 1. The number of amides is 4. The first kappa shape index (κ1) is 21.7. The molecule has 1 aromatic carbocycles. The van der Waals surface area contributed by atoms with Crippen LogP contribution >= 0.6 is 0 Å². The predicted octanol–water partition coefficient (Wildman–Crippen LogP) is 1.67. The average Bonchev–Trinajstić information content (AvgIpc) is 2.68. The van der Waals surface area contributed by atoms with Crippen molar-refractivity contribution in [3.8, 4) is 11.5 Å². The number of hydrogen-bond acceptors (Lipinski definition) is 7. The molecule has 0 unspecified atom stereocenters. The van der Waals surface area contributed by atoms with Crippen molar-refractivity contribution in [2.45, 2.75) is 13.8 Å². The van der Waals surface area contributed by atoms with Crippen molar-refractivity contribution in [3.63, 3.8) is 0 Å². The van der Waals surface area contributed by atoms with E-state index in [0.717, 1.165) is 4.90 Å². The second-order valence-electron chi connectivity index (χ2n) is 5.75. The number of carbonyl (C=O) groups is 4. The third-order valence-electron chi connectivity index (χ3n) is 3.73. The minimum Gasteiger partial charge on any atom is -0.490 e. The highest BCUT2D eigenvalue weighted by molar-refractivity contribution is 6.31. The first-order valence-corrected chi connectivity index (χ1v) is 8.96. The Balaban J connectivity index is 2.29. The van der Waals surface area contributed by atoms with Gasteiger partial charge in [-0.1, -0.05) is 12.1 Å². The van der Waals surface area contributed by atoms with Gasteiger partial charge in [0.05, 0.1) is 13.2 Å². The summed E-state index contributed by atoms with van der Waals surface area (Å²) < 4.78 is 15.8. The van der Waals surface area contributed by atoms with Gasteiger partial charge in [0.15, 0.2) is 18.1 Å². The molecule has 1 aliphatic heterocycles. The van der Waals surface area contributed by atoms with Crippen LogP contribution in [0.25, 0.3) is 6.08 Å². The summed E-state index contributed by atoms with van der Waals surface area (Å²) in [6.07, 6.45) is 2.73. The fourth-order valence-corrected chi connectivity index (χ4v) is 2.50. The lowest BCUT2D eigenvalue weighted by molar-refractivity contribution is -0.145. The summed E-state index contributed by atoms with van der Waals surface area (Å²) in [5, 5.41) is 2.11. The van der Waals surface area contributed by atoms with Crippen molar-refractivity contribution in [3.05, 3.63) is 42.0 Å². The predicted molar refractivity (Wildman–Crippen MR) is 103 cm³/mol. The van der Waals surface area contributed by atoms with Crippen LogP contribution in [0.1, 0.15) is 19.4 Å². The Hall–Kier alpha value is -3.62. The van der Waals surface area contributed by atoms with E-state index in [1.165, 1.54) is 12.2 Å². The fraction of sp³-hybridized carbons (Fsp3) is 0.300. The maximum atomic E-state index is 12.5. The smallest absolute Gasteiger partial charge is 0.344 e. The van der Waals surface area contributed by atoms with Crippen molar-refractivity contribution < 1.29 is 33.4 Å². The minimum atomic E-state index is -0.797. The maximum Gasteiger partial charge on any atom is 0.344 e. The molecule has 4 amide bonds. The van der Waals surface area contributed by atoms with Crippen molar-refractivity contribution in [2.24, 2.45) is 0 Å². The molecule has 0 atom stereocenters. The Kier molecular flexibility index (Phi) is 7.53. The highest BCUT2D eigenvalue weighted by atomic mass is 16.6. The van der Waals surface area contributed by atoms with Crippen LogP contribution in [-0.2, 0) is 19.1 Å². The summed E-state index contributed by atoms with van der Waals surface area (Å²) >= 11 is 0. The minimum absolute atomic E-state index is 0.0277. The summed E-state index contributed by atoms with van der Waals surface area (Å²) in [6, 6.07) is 3.90. The number of benzene rings is 1. The standard InChI is InChI=1S/C20H22N2O7/c1-4-9-22-19(25)14(18(24)21-20(22)26)10-13-7-8-15(16(11-13)27-5-2)29-12-17(23)28-6-3/h4,7-8,10-11H,1,5-6,9,12H2,2-3H3,(H,21,24,26)/b14-10-. The molecule has 154 valence electrons. The number of hydrogen-bond donors (Lipinski definition) is 1. The number of carbonyl (C=O) groups excluding carboxylic acids is 4. The highest BCUT2D eigenvalue weighted by Crippen LogP contribution is 2.30. The van der Waals surface area contributed by atoms with Gasteiger partial charge in [0.2, 0.25) is 0 Å². The summed E-state index contributed by atoms with van der Waals surface area (Å²) in [7, 11) is 0. The zero-order chi connectivity index (χ0) is 21.4. The number of esters is 1. The van der Waals surface area contributed by atoms with Gasteiger partial charge in [-0.05, 0) is 37.6 Å². The van der Waals surface area contributed by atoms with Crippen LogP contribution in [0.4, 0.5) is 4.79 Å². The largest absolute Gasteiger partial charge is 0.490 e. The van der Waals surface area contributed by atoms with Gasteiger partial charge >= 0.3 is 12.0 Å². The van der Waals surface area contributed by atoms with Gasteiger partial charge in [-0.15, -0.1) is 6.58 Å². The topological polar surface area (TPSA) is 111 Å². The Bertz CT molecular complexity index is 860. The Morgan fingerprint density at radius 3 is 2.55 bits per heavy atom. The molecule has 0 spiro atoms. The number of rotatable bonds is 9. The van der Waals surface area contributed by atoms with E-state index in [0.29, 0.717) is 23.7 Å². The number of imide groups is 2. The van der Waals surface area contributed by atoms with Crippen molar-refractivity contribution in [2.75, 3.05) is 26.4 Å². The summed E-state index contributed by atoms with van der Waals surface area (Å²) in [5.41, 5.74) is 0.275. The normalized spacial score (nSPS) is 15.2. The lowest BCUT2D eigenvalue weighted by Crippen LogP contribution is -2.54. The maximum absolute atomic E-state index is 12.5. The molecule has 1 heterocycles. The van der Waals surface area contributed by atoms with E-state index < -0.39 is 23.8 Å². The van der Waals surface area contributed by atoms with E-state index in [4.69, 9.17) is 14.2 Å². The molecule has 29 heavy (non-hydrogen) atoms. The quantitative estimate of drug-likeness (QED) is 0.289. The van der Waals surface area contributed by atoms with Gasteiger partial charge in [-0.3, -0.25) is 19.8 Å². The zero-order valence-electron chi connectivity index (χ0n) is 16.2. The van der Waals surface area contributed by atoms with Crippen LogP contribution in [0, 0.1) is 0 Å². The first-order valence-electron chi connectivity index (χ1n) is 8.96. The van der Waals surface area contributed by atoms with E-state index in [-0.39, 0.29) is 25.3 Å². The Morgan fingerprint density at radius 1 is 1.14 bits per heavy atom. The molecule has 1 fully saturated rings. The van der Waals surface area contributed by atoms with E-state index in [1.54, 1.807) is 32.0 Å². The molecule has 0 radical (unpaired) electrons. The van der Waals surface area contributed by atoms with Gasteiger partial charge in [0.25, 0.3) is 11.8 Å². The zero-order valence-corrected chi connectivity index (χ0v) is 16.2. The van der Waals surface area contributed by atoms with Gasteiger partial charge in [-0.2, -0.15) is 0 Å². The van der Waals surface area contributed by atoms with Crippen molar-refractivity contribution >= 4 is 29.9 Å². The number of barbiturate groups is 1. The molecule has 1 aliphatic rings. The van der Waals surface area contributed by atoms with Crippen molar-refractivity contribution in [1.29, 1.82) is 0 Å². The second kappa shape index (κ2) is 10.1. The third kappa shape index (κ3) is 5.44. The monoisotopic (exact) mass is 402 g/mol. The summed E-state index contributed by atoms with van der Waals surface area (Å²) in [4.78, 5) is 48.7. The lowest BCUT2D eigenvalue weighted by atomic mass is 10.1. The molecular formula is C20H22N2O7. The van der Waals surface area contributed by atoms with Crippen LogP contribution in [0.2, 0.25) is 0 Å². The molecule has 2 rings (SSSR count). The van der Waals surface area contributed by atoms with E-state index in [2.05, 4.69) is 11.9 Å². The van der Waals surface area contributed by atoms with E-state index >= 15 is 0 Å². The van der Waals surface area contributed by atoms with Crippen LogP contribution in [0.3, 0.4) is 0 Å². The number of nitrogens with zero attached hydrogens (tertiary/aromatic N) is 1. The molecule has 1 aromatic rings. The summed E-state index contributed by atoms with van der Waals surface area (Å²) in [6.45, 7) is 7.22. The molecule has 0 aliphatic carbocycles. The van der Waals surface area contributed by atoms with Gasteiger partial charge in [-0.25, -0.2) is 9.59 Å². The molecule has 0 bridgehead atoms. The van der Waals surface area contributed by atoms with Crippen LogP contribution < -0.4 is 14.8 Å². The van der Waals surface area contributed by atoms with Crippen LogP contribution in [0.5, 0.6) is 11.5 Å². The van der Waals surface area contributed by atoms with Crippen LogP contribution in [-0.4, -0.2) is 55.1 Å². The molecule has 9 heteroatoms. The van der Waals surface area contributed by atoms with E-state index in [1.807, 2.05) is 0 Å². The van der Waals surface area contributed by atoms with Gasteiger partial charge in [0, 0.05) is 6.54 Å². The van der Waals surface area contributed by atoms with Crippen LogP contribution in [0.15, 0.2) is 36.4 Å². The molecule has 9 nitrogen and oxygen atoms in total. The first-order chi connectivity index (χ1) is 13.9. The third-order valence-corrected chi connectivity index (χ3v) is 3.73. The number of urea groups is 1. The van der Waals surface area contributed by atoms with Gasteiger partial charge in [0.1, 0.15) is 5.57 Å². The molecule has 1 saturated heterocycles. The Morgan fingerprint density at radius 2 is 1.90 bits per heavy atom. The molecule has 1 N–H and O–H groups in total. The fourth-order valence-electron chi connectivity index (χ4n) is 2.50. The molecular weight excluding hydrogens is 380 g/mol. The Labute approximate surface area is 167 Å². The highest BCUT2D eigenvalue weighted by Gasteiger charge is 2.34.